The topological polar surface area (TPSA) is 68.0 Å². The SMILES string of the molecule is CCc1cc(N)cc(F)c1OCCN1C[C@@H](C)N(CC(=O)OC(C)(C)C)[C@@H](C)C1. The van der Waals surface area contributed by atoms with Gasteiger partial charge in [-0.2, -0.15) is 0 Å². The summed E-state index contributed by atoms with van der Waals surface area (Å²) in [5.74, 6) is -0.309. The Morgan fingerprint density at radius 2 is 1.86 bits per heavy atom. The fourth-order valence-electron chi connectivity index (χ4n) is 3.86. The Morgan fingerprint density at radius 1 is 1.24 bits per heavy atom. The molecule has 0 unspecified atom stereocenters. The van der Waals surface area contributed by atoms with Crippen molar-refractivity contribution in [2.24, 2.45) is 0 Å². The normalized spacial score (nSPS) is 21.2. The van der Waals surface area contributed by atoms with E-state index in [9.17, 15) is 9.18 Å². The molecule has 1 aliphatic rings. The monoisotopic (exact) mass is 409 g/mol. The van der Waals surface area contributed by atoms with Crippen LogP contribution in [-0.4, -0.2) is 66.2 Å². The van der Waals surface area contributed by atoms with Crippen molar-refractivity contribution in [3.8, 4) is 5.75 Å². The molecule has 0 aliphatic carbocycles. The third-order valence-electron chi connectivity index (χ3n) is 5.09. The van der Waals surface area contributed by atoms with Crippen LogP contribution in [0.3, 0.4) is 0 Å². The largest absolute Gasteiger partial charge is 0.489 e. The number of carbonyl (C=O) groups excluding carboxylic acids is 1. The molecule has 2 N–H and O–H groups in total. The van der Waals surface area contributed by atoms with E-state index in [1.807, 2.05) is 27.7 Å². The molecule has 0 radical (unpaired) electrons. The van der Waals surface area contributed by atoms with Crippen molar-refractivity contribution in [1.82, 2.24) is 9.80 Å². The number of anilines is 1. The second-order valence-corrected chi connectivity index (χ2v) is 8.91. The standard InChI is InChI=1S/C22H36FN3O3/c1-7-17-10-18(24)11-19(23)21(17)28-9-8-25-12-15(2)26(16(3)13-25)14-20(27)29-22(4,5)6/h10-11,15-16H,7-9,12-14,24H2,1-6H3/t15-,16+. The maximum absolute atomic E-state index is 14.2. The van der Waals surface area contributed by atoms with E-state index in [0.717, 1.165) is 18.7 Å². The van der Waals surface area contributed by atoms with Gasteiger partial charge in [0.2, 0.25) is 0 Å². The van der Waals surface area contributed by atoms with Crippen LogP contribution in [0.25, 0.3) is 0 Å². The fourth-order valence-corrected chi connectivity index (χ4v) is 3.86. The number of benzene rings is 1. The molecule has 1 heterocycles. The average Bonchev–Trinajstić information content (AvgIpc) is 2.58. The van der Waals surface area contributed by atoms with E-state index >= 15 is 0 Å². The molecule has 1 fully saturated rings. The van der Waals surface area contributed by atoms with Crippen LogP contribution >= 0.6 is 0 Å². The summed E-state index contributed by atoms with van der Waals surface area (Å²) in [6.45, 7) is 14.8. The van der Waals surface area contributed by atoms with Crippen LogP contribution in [0.4, 0.5) is 10.1 Å². The van der Waals surface area contributed by atoms with Crippen LogP contribution in [0.2, 0.25) is 0 Å². The Bertz CT molecular complexity index is 693. The minimum absolute atomic E-state index is 0.195. The lowest BCUT2D eigenvalue weighted by molar-refractivity contribution is -0.158. The summed E-state index contributed by atoms with van der Waals surface area (Å²) in [5.41, 5.74) is 6.44. The van der Waals surface area contributed by atoms with Crippen molar-refractivity contribution < 1.29 is 18.7 Å². The molecule has 2 rings (SSSR count). The maximum atomic E-state index is 14.2. The molecule has 1 saturated heterocycles. The lowest BCUT2D eigenvalue weighted by Crippen LogP contribution is -2.58. The first-order valence-corrected chi connectivity index (χ1v) is 10.4. The van der Waals surface area contributed by atoms with E-state index in [-0.39, 0.29) is 18.1 Å². The van der Waals surface area contributed by atoms with E-state index in [2.05, 4.69) is 23.6 Å². The Balaban J connectivity index is 1.87. The van der Waals surface area contributed by atoms with Crippen molar-refractivity contribution in [2.75, 3.05) is 38.5 Å². The van der Waals surface area contributed by atoms with E-state index in [4.69, 9.17) is 15.2 Å². The van der Waals surface area contributed by atoms with Gasteiger partial charge in [0.25, 0.3) is 0 Å². The Morgan fingerprint density at radius 3 is 2.41 bits per heavy atom. The smallest absolute Gasteiger partial charge is 0.320 e. The van der Waals surface area contributed by atoms with Crippen LogP contribution in [0.5, 0.6) is 5.75 Å². The lowest BCUT2D eigenvalue weighted by Gasteiger charge is -2.44. The van der Waals surface area contributed by atoms with Crippen molar-refractivity contribution >= 4 is 11.7 Å². The highest BCUT2D eigenvalue weighted by Gasteiger charge is 2.32. The van der Waals surface area contributed by atoms with Crippen LogP contribution in [0.15, 0.2) is 12.1 Å². The van der Waals surface area contributed by atoms with Crippen LogP contribution in [-0.2, 0) is 16.0 Å². The molecule has 0 amide bonds. The first-order valence-electron chi connectivity index (χ1n) is 10.4. The van der Waals surface area contributed by atoms with Gasteiger partial charge in [-0.1, -0.05) is 6.92 Å². The minimum Gasteiger partial charge on any atom is -0.489 e. The first kappa shape index (κ1) is 23.4. The number of carbonyl (C=O) groups is 1. The molecular weight excluding hydrogens is 373 g/mol. The number of nitrogen functional groups attached to an aromatic ring is 1. The van der Waals surface area contributed by atoms with Gasteiger partial charge in [-0.15, -0.1) is 0 Å². The molecule has 6 nitrogen and oxygen atoms in total. The molecule has 1 aromatic rings. The number of hydrogen-bond donors (Lipinski definition) is 1. The fraction of sp³-hybridized carbons (Fsp3) is 0.682. The summed E-state index contributed by atoms with van der Waals surface area (Å²) in [7, 11) is 0. The van der Waals surface area contributed by atoms with E-state index in [0.29, 0.717) is 37.6 Å². The van der Waals surface area contributed by atoms with E-state index in [1.165, 1.54) is 6.07 Å². The number of esters is 1. The zero-order chi connectivity index (χ0) is 21.8. The van der Waals surface area contributed by atoms with Gasteiger partial charge < -0.3 is 15.2 Å². The summed E-state index contributed by atoms with van der Waals surface area (Å²) in [6.07, 6.45) is 0.661. The van der Waals surface area contributed by atoms with Crippen LogP contribution < -0.4 is 10.5 Å². The number of halogens is 1. The van der Waals surface area contributed by atoms with Gasteiger partial charge in [0.1, 0.15) is 12.2 Å². The average molecular weight is 410 g/mol. The molecule has 0 saturated carbocycles. The first-order chi connectivity index (χ1) is 13.5. The molecule has 7 heteroatoms. The molecule has 1 aliphatic heterocycles. The van der Waals surface area contributed by atoms with Gasteiger partial charge in [-0.3, -0.25) is 14.6 Å². The number of nitrogens with zero attached hydrogens (tertiary/aromatic N) is 2. The molecule has 29 heavy (non-hydrogen) atoms. The lowest BCUT2D eigenvalue weighted by atomic mass is 10.1. The second kappa shape index (κ2) is 9.76. The Labute approximate surface area is 174 Å². The van der Waals surface area contributed by atoms with Gasteiger partial charge in [0, 0.05) is 43.5 Å². The highest BCUT2D eigenvalue weighted by Crippen LogP contribution is 2.26. The van der Waals surface area contributed by atoms with Crippen LogP contribution in [0.1, 0.15) is 47.1 Å². The Kier molecular flexibility index (Phi) is 7.88. The van der Waals surface area contributed by atoms with E-state index < -0.39 is 11.4 Å². The molecule has 0 bridgehead atoms. The number of aryl methyl sites for hydroxylation is 1. The Hall–Kier alpha value is -1.86. The number of rotatable bonds is 7. The summed E-state index contributed by atoms with van der Waals surface area (Å²) in [4.78, 5) is 16.7. The van der Waals surface area contributed by atoms with Crippen molar-refractivity contribution in [3.63, 3.8) is 0 Å². The van der Waals surface area contributed by atoms with Gasteiger partial charge in [0.05, 0.1) is 6.54 Å². The number of ether oxygens (including phenoxy) is 2. The predicted molar refractivity (Wildman–Crippen MR) is 114 cm³/mol. The van der Waals surface area contributed by atoms with Crippen LogP contribution in [0, 0.1) is 5.82 Å². The van der Waals surface area contributed by atoms with Crippen molar-refractivity contribution in [1.29, 1.82) is 0 Å². The number of nitrogens with two attached hydrogens (primary N) is 1. The maximum Gasteiger partial charge on any atom is 0.320 e. The highest BCUT2D eigenvalue weighted by molar-refractivity contribution is 5.72. The highest BCUT2D eigenvalue weighted by atomic mass is 19.1. The van der Waals surface area contributed by atoms with Gasteiger partial charge in [-0.25, -0.2) is 4.39 Å². The van der Waals surface area contributed by atoms with E-state index in [1.54, 1.807) is 6.07 Å². The second-order valence-electron chi connectivity index (χ2n) is 8.91. The summed E-state index contributed by atoms with van der Waals surface area (Å²) < 4.78 is 25.4. The quantitative estimate of drug-likeness (QED) is 0.551. The zero-order valence-electron chi connectivity index (χ0n) is 18.6. The number of piperazine rings is 1. The third kappa shape index (κ3) is 6.85. The van der Waals surface area contributed by atoms with Gasteiger partial charge in [0.15, 0.2) is 11.6 Å². The van der Waals surface area contributed by atoms with Crippen molar-refractivity contribution in [2.45, 2.75) is 65.6 Å². The van der Waals surface area contributed by atoms with Crippen molar-refractivity contribution in [3.05, 3.63) is 23.5 Å². The predicted octanol–water partition coefficient (Wildman–Crippen LogP) is 3.09. The molecule has 0 aromatic heterocycles. The molecule has 1 aromatic carbocycles. The molecule has 2 atom stereocenters. The summed E-state index contributed by atoms with van der Waals surface area (Å²) in [5, 5.41) is 0. The minimum atomic E-state index is -0.475. The van der Waals surface area contributed by atoms with Gasteiger partial charge in [-0.05, 0) is 52.7 Å². The molecular formula is C22H36FN3O3. The third-order valence-corrected chi connectivity index (χ3v) is 5.09. The molecule has 164 valence electrons. The number of hydrogen-bond acceptors (Lipinski definition) is 6. The molecule has 0 spiro atoms. The summed E-state index contributed by atoms with van der Waals surface area (Å²) in [6, 6.07) is 3.49. The summed E-state index contributed by atoms with van der Waals surface area (Å²) >= 11 is 0. The van der Waals surface area contributed by atoms with Gasteiger partial charge >= 0.3 is 5.97 Å². The zero-order valence-corrected chi connectivity index (χ0v) is 18.6.